The zero-order chi connectivity index (χ0) is 13.2. The average molecular weight is 248 g/mol. The minimum Gasteiger partial charge on any atom is -0.330 e. The van der Waals surface area contributed by atoms with E-state index in [1.165, 1.54) is 24.0 Å². The van der Waals surface area contributed by atoms with Gasteiger partial charge in [-0.2, -0.15) is 0 Å². The van der Waals surface area contributed by atoms with Crippen LogP contribution in [0.5, 0.6) is 0 Å². The van der Waals surface area contributed by atoms with E-state index in [9.17, 15) is 0 Å². The zero-order valence-corrected chi connectivity index (χ0v) is 11.9. The van der Waals surface area contributed by atoms with Gasteiger partial charge >= 0.3 is 0 Å². The van der Waals surface area contributed by atoms with Gasteiger partial charge in [0.25, 0.3) is 0 Å². The predicted molar refractivity (Wildman–Crippen MR) is 80.0 cm³/mol. The van der Waals surface area contributed by atoms with Crippen molar-refractivity contribution >= 4 is 0 Å². The molecule has 0 radical (unpaired) electrons. The van der Waals surface area contributed by atoms with Crippen molar-refractivity contribution in [3.05, 3.63) is 35.4 Å². The van der Waals surface area contributed by atoms with Crippen molar-refractivity contribution in [3.8, 4) is 0 Å². The van der Waals surface area contributed by atoms with Crippen LogP contribution in [0.15, 0.2) is 24.3 Å². The van der Waals surface area contributed by atoms with Crippen LogP contribution in [0, 0.1) is 0 Å². The second-order valence-electron chi connectivity index (χ2n) is 5.05. The van der Waals surface area contributed by atoms with Gasteiger partial charge < -0.3 is 11.1 Å². The van der Waals surface area contributed by atoms with E-state index in [1.807, 2.05) is 0 Å². The molecule has 0 saturated heterocycles. The number of hydrogen-bond donors (Lipinski definition) is 2. The fourth-order valence-electron chi connectivity index (χ4n) is 2.00. The van der Waals surface area contributed by atoms with Gasteiger partial charge in [-0.05, 0) is 62.4 Å². The van der Waals surface area contributed by atoms with Crippen molar-refractivity contribution < 1.29 is 0 Å². The first kappa shape index (κ1) is 15.2. The topological polar surface area (TPSA) is 38.0 Å². The van der Waals surface area contributed by atoms with Crippen LogP contribution in [0.25, 0.3) is 0 Å². The van der Waals surface area contributed by atoms with E-state index >= 15 is 0 Å². The first-order valence-corrected chi connectivity index (χ1v) is 7.27. The molecule has 0 bridgehead atoms. The van der Waals surface area contributed by atoms with Gasteiger partial charge in [0.15, 0.2) is 0 Å². The van der Waals surface area contributed by atoms with Crippen LogP contribution in [0.2, 0.25) is 0 Å². The Labute approximate surface area is 112 Å². The third-order valence-electron chi connectivity index (χ3n) is 3.56. The number of unbranched alkanes of at least 4 members (excludes halogenated alkanes) is 1. The first-order chi connectivity index (χ1) is 8.77. The maximum absolute atomic E-state index is 5.46. The Morgan fingerprint density at radius 3 is 2.44 bits per heavy atom. The van der Waals surface area contributed by atoms with Crippen molar-refractivity contribution in [2.75, 3.05) is 19.6 Å². The SMILES string of the molecule is CCC(C)c1ccc(CCNCCCCN)cc1. The Morgan fingerprint density at radius 2 is 1.83 bits per heavy atom. The van der Waals surface area contributed by atoms with Crippen molar-refractivity contribution in [2.24, 2.45) is 5.73 Å². The maximum atomic E-state index is 5.46. The molecule has 0 aromatic heterocycles. The second kappa shape index (κ2) is 9.12. The predicted octanol–water partition coefficient (Wildman–Crippen LogP) is 3.07. The largest absolute Gasteiger partial charge is 0.330 e. The van der Waals surface area contributed by atoms with Crippen LogP contribution in [-0.2, 0) is 6.42 Å². The maximum Gasteiger partial charge on any atom is -0.000835 e. The molecule has 102 valence electrons. The molecule has 0 aliphatic rings. The number of benzene rings is 1. The molecule has 1 aromatic rings. The molecule has 2 heteroatoms. The van der Waals surface area contributed by atoms with Gasteiger partial charge in [0, 0.05) is 0 Å². The molecule has 0 heterocycles. The molecular weight excluding hydrogens is 220 g/mol. The summed E-state index contributed by atoms with van der Waals surface area (Å²) in [6.07, 6.45) is 4.63. The number of rotatable bonds is 9. The molecule has 0 fully saturated rings. The number of nitrogens with two attached hydrogens (primary N) is 1. The number of hydrogen-bond acceptors (Lipinski definition) is 2. The standard InChI is InChI=1S/C16H28N2/c1-3-14(2)16-8-6-15(7-9-16)10-13-18-12-5-4-11-17/h6-9,14,18H,3-5,10-13,17H2,1-2H3. The molecule has 0 aliphatic carbocycles. The fraction of sp³-hybridized carbons (Fsp3) is 0.625. The molecule has 3 N–H and O–H groups in total. The Balaban J connectivity index is 2.22. The molecule has 1 rings (SSSR count). The Morgan fingerprint density at radius 1 is 1.11 bits per heavy atom. The minimum absolute atomic E-state index is 0.674. The first-order valence-electron chi connectivity index (χ1n) is 7.27. The quantitative estimate of drug-likeness (QED) is 0.659. The Bertz CT molecular complexity index is 305. The Kier molecular flexibility index (Phi) is 7.70. The summed E-state index contributed by atoms with van der Waals surface area (Å²) >= 11 is 0. The highest BCUT2D eigenvalue weighted by atomic mass is 14.8. The lowest BCUT2D eigenvalue weighted by Gasteiger charge is -2.10. The molecule has 1 atom stereocenters. The van der Waals surface area contributed by atoms with E-state index in [4.69, 9.17) is 5.73 Å². The molecule has 0 spiro atoms. The van der Waals surface area contributed by atoms with E-state index in [1.54, 1.807) is 0 Å². The third kappa shape index (κ3) is 5.65. The van der Waals surface area contributed by atoms with Crippen LogP contribution in [-0.4, -0.2) is 19.6 Å². The highest BCUT2D eigenvalue weighted by Gasteiger charge is 2.02. The van der Waals surface area contributed by atoms with E-state index in [2.05, 4.69) is 43.4 Å². The van der Waals surface area contributed by atoms with E-state index in [-0.39, 0.29) is 0 Å². The molecule has 1 aromatic carbocycles. The van der Waals surface area contributed by atoms with Crippen LogP contribution >= 0.6 is 0 Å². The van der Waals surface area contributed by atoms with Gasteiger partial charge in [-0.3, -0.25) is 0 Å². The molecule has 0 amide bonds. The molecule has 2 nitrogen and oxygen atoms in total. The molecule has 0 aliphatic heterocycles. The lowest BCUT2D eigenvalue weighted by Crippen LogP contribution is -2.19. The van der Waals surface area contributed by atoms with Crippen molar-refractivity contribution in [1.29, 1.82) is 0 Å². The summed E-state index contributed by atoms with van der Waals surface area (Å²) < 4.78 is 0. The highest BCUT2D eigenvalue weighted by Crippen LogP contribution is 2.18. The summed E-state index contributed by atoms with van der Waals surface area (Å²) in [6, 6.07) is 9.09. The molecule has 0 saturated carbocycles. The van der Waals surface area contributed by atoms with Crippen LogP contribution in [0.1, 0.15) is 50.2 Å². The number of nitrogens with one attached hydrogen (secondary N) is 1. The summed E-state index contributed by atoms with van der Waals surface area (Å²) in [5.74, 6) is 0.674. The third-order valence-corrected chi connectivity index (χ3v) is 3.56. The van der Waals surface area contributed by atoms with Gasteiger partial charge in [-0.25, -0.2) is 0 Å². The highest BCUT2D eigenvalue weighted by molar-refractivity contribution is 5.25. The lowest BCUT2D eigenvalue weighted by molar-refractivity contribution is 0.627. The Hall–Kier alpha value is -0.860. The zero-order valence-electron chi connectivity index (χ0n) is 11.9. The molecule has 1 unspecified atom stereocenters. The summed E-state index contributed by atoms with van der Waals surface area (Å²) in [4.78, 5) is 0. The summed E-state index contributed by atoms with van der Waals surface area (Å²) in [7, 11) is 0. The molecule has 18 heavy (non-hydrogen) atoms. The fourth-order valence-corrected chi connectivity index (χ4v) is 2.00. The summed E-state index contributed by atoms with van der Waals surface area (Å²) in [5.41, 5.74) is 8.34. The van der Waals surface area contributed by atoms with Gasteiger partial charge in [-0.15, -0.1) is 0 Å². The van der Waals surface area contributed by atoms with Gasteiger partial charge in [0.05, 0.1) is 0 Å². The second-order valence-corrected chi connectivity index (χ2v) is 5.05. The molecular formula is C16H28N2. The monoisotopic (exact) mass is 248 g/mol. The van der Waals surface area contributed by atoms with Crippen LogP contribution in [0.4, 0.5) is 0 Å². The van der Waals surface area contributed by atoms with Crippen molar-refractivity contribution in [3.63, 3.8) is 0 Å². The van der Waals surface area contributed by atoms with Crippen LogP contribution < -0.4 is 11.1 Å². The van der Waals surface area contributed by atoms with Gasteiger partial charge in [0.2, 0.25) is 0 Å². The lowest BCUT2D eigenvalue weighted by atomic mass is 9.97. The average Bonchev–Trinajstić information content (AvgIpc) is 2.42. The van der Waals surface area contributed by atoms with E-state index in [0.717, 1.165) is 32.5 Å². The van der Waals surface area contributed by atoms with Gasteiger partial charge in [0.1, 0.15) is 0 Å². The van der Waals surface area contributed by atoms with E-state index < -0.39 is 0 Å². The van der Waals surface area contributed by atoms with E-state index in [0.29, 0.717) is 5.92 Å². The van der Waals surface area contributed by atoms with Gasteiger partial charge in [-0.1, -0.05) is 38.1 Å². The van der Waals surface area contributed by atoms with Crippen molar-refractivity contribution in [2.45, 2.75) is 45.4 Å². The smallest absolute Gasteiger partial charge is 0.000835 e. The normalized spacial score (nSPS) is 12.6. The summed E-state index contributed by atoms with van der Waals surface area (Å²) in [6.45, 7) is 7.48. The van der Waals surface area contributed by atoms with Crippen molar-refractivity contribution in [1.82, 2.24) is 5.32 Å². The van der Waals surface area contributed by atoms with Crippen LogP contribution in [0.3, 0.4) is 0 Å². The summed E-state index contributed by atoms with van der Waals surface area (Å²) in [5, 5.41) is 3.46. The minimum atomic E-state index is 0.674.